The molecule has 2 fully saturated rings. The lowest BCUT2D eigenvalue weighted by Crippen LogP contribution is -2.59. The highest BCUT2D eigenvalue weighted by Gasteiger charge is 2.61. The van der Waals surface area contributed by atoms with Gasteiger partial charge in [-0.15, -0.1) is 0 Å². The third-order valence-electron chi connectivity index (χ3n) is 8.17. The van der Waals surface area contributed by atoms with E-state index in [4.69, 9.17) is 16.3 Å². The van der Waals surface area contributed by atoms with Gasteiger partial charge in [-0.25, -0.2) is 9.52 Å². The summed E-state index contributed by atoms with van der Waals surface area (Å²) >= 11 is 5.91. The fourth-order valence-corrected chi connectivity index (χ4v) is 6.77. The Morgan fingerprint density at radius 1 is 1.09 bits per heavy atom. The van der Waals surface area contributed by atoms with Gasteiger partial charge >= 0.3 is 16.3 Å². The molecule has 1 aromatic rings. The summed E-state index contributed by atoms with van der Waals surface area (Å²) < 4.78 is 35.5. The molecule has 0 aromatic heterocycles. The molecule has 3 aliphatic rings. The molecular formula is C31H44ClN5O7S. The molecule has 248 valence electrons. The van der Waals surface area contributed by atoms with Crippen molar-refractivity contribution in [1.82, 2.24) is 25.0 Å². The molecule has 4 rings (SSSR count). The highest BCUT2D eigenvalue weighted by atomic mass is 35.5. The molecule has 12 nitrogen and oxygen atoms in total. The van der Waals surface area contributed by atoms with Gasteiger partial charge in [0.05, 0.1) is 0 Å². The second kappa shape index (κ2) is 14.5. The Labute approximate surface area is 270 Å². The SMILES string of the molecule is CC(C)(C)OC(=O)N[C@H]1CCCCCC=C[C@@H]2C[C@@]2(C(=O)NS(=O)(=O)NCCc2ccc(Cl)cc2)NC(=O)[C@@H]2CCCN2C1=O. The lowest BCUT2D eigenvalue weighted by molar-refractivity contribution is -0.141. The van der Waals surface area contributed by atoms with Gasteiger partial charge in [0.1, 0.15) is 23.2 Å². The van der Waals surface area contributed by atoms with Crippen molar-refractivity contribution in [3.63, 3.8) is 0 Å². The van der Waals surface area contributed by atoms with E-state index < -0.39 is 57.3 Å². The zero-order valence-corrected chi connectivity index (χ0v) is 27.6. The number of amides is 4. The predicted octanol–water partition coefficient (Wildman–Crippen LogP) is 3.11. The van der Waals surface area contributed by atoms with E-state index in [2.05, 4.69) is 20.1 Å². The summed E-state index contributed by atoms with van der Waals surface area (Å²) in [6, 6.07) is 5.26. The van der Waals surface area contributed by atoms with Crippen LogP contribution in [0.4, 0.5) is 4.79 Å². The van der Waals surface area contributed by atoms with Crippen molar-refractivity contribution in [3.8, 4) is 0 Å². The first-order valence-corrected chi connectivity index (χ1v) is 17.4. The molecule has 45 heavy (non-hydrogen) atoms. The molecule has 2 heterocycles. The largest absolute Gasteiger partial charge is 0.444 e. The van der Waals surface area contributed by atoms with Crippen LogP contribution >= 0.6 is 11.6 Å². The van der Waals surface area contributed by atoms with Crippen LogP contribution in [0.15, 0.2) is 36.4 Å². The van der Waals surface area contributed by atoms with E-state index in [9.17, 15) is 27.6 Å². The predicted molar refractivity (Wildman–Crippen MR) is 169 cm³/mol. The Kier molecular flexibility index (Phi) is 11.2. The first-order chi connectivity index (χ1) is 21.2. The third-order valence-corrected chi connectivity index (χ3v) is 9.46. The Balaban J connectivity index is 1.47. The van der Waals surface area contributed by atoms with E-state index >= 15 is 0 Å². The lowest BCUT2D eigenvalue weighted by Gasteiger charge is -2.30. The number of carbonyl (C=O) groups excluding carboxylic acids is 4. The number of hydrogen-bond acceptors (Lipinski definition) is 7. The van der Waals surface area contributed by atoms with Gasteiger partial charge in [0.25, 0.3) is 5.91 Å². The maximum Gasteiger partial charge on any atom is 0.408 e. The van der Waals surface area contributed by atoms with Crippen LogP contribution in [0.1, 0.15) is 77.7 Å². The molecule has 4 atom stereocenters. The second-order valence-corrected chi connectivity index (χ2v) is 14.9. The van der Waals surface area contributed by atoms with Crippen molar-refractivity contribution in [2.45, 2.75) is 102 Å². The summed E-state index contributed by atoms with van der Waals surface area (Å²) in [6.45, 7) is 5.57. The fourth-order valence-electron chi connectivity index (χ4n) is 5.77. The number of allylic oxidation sites excluding steroid dienone is 1. The molecule has 0 unspecified atom stereocenters. The normalized spacial score (nSPS) is 26.0. The van der Waals surface area contributed by atoms with Crippen LogP contribution in [0.5, 0.6) is 0 Å². The Hall–Kier alpha value is -3.16. The summed E-state index contributed by atoms with van der Waals surface area (Å²) in [7, 11) is -4.23. The number of alkyl carbamates (subject to hydrolysis) is 1. The minimum Gasteiger partial charge on any atom is -0.444 e. The van der Waals surface area contributed by atoms with Crippen molar-refractivity contribution >= 4 is 45.6 Å². The zero-order chi connectivity index (χ0) is 32.8. The van der Waals surface area contributed by atoms with Gasteiger partial charge in [0, 0.05) is 24.0 Å². The van der Waals surface area contributed by atoms with Crippen LogP contribution in [-0.2, 0) is 35.8 Å². The first kappa shape index (κ1) is 34.7. The van der Waals surface area contributed by atoms with Gasteiger partial charge in [-0.05, 0) is 83.4 Å². The van der Waals surface area contributed by atoms with Gasteiger partial charge < -0.3 is 20.3 Å². The quantitative estimate of drug-likeness (QED) is 0.325. The van der Waals surface area contributed by atoms with Crippen molar-refractivity contribution in [2.24, 2.45) is 5.92 Å². The van der Waals surface area contributed by atoms with E-state index in [1.54, 1.807) is 45.0 Å². The number of ether oxygens (including phenoxy) is 1. The fraction of sp³-hybridized carbons (Fsp3) is 0.613. The maximum absolute atomic E-state index is 13.7. The molecule has 0 radical (unpaired) electrons. The maximum atomic E-state index is 13.7. The summed E-state index contributed by atoms with van der Waals surface area (Å²) in [4.78, 5) is 54.9. The molecule has 4 amide bonds. The van der Waals surface area contributed by atoms with E-state index in [1.165, 1.54) is 4.90 Å². The third kappa shape index (κ3) is 9.67. The minimum absolute atomic E-state index is 0.0462. The molecule has 14 heteroatoms. The number of nitrogens with zero attached hydrogens (tertiary/aromatic N) is 1. The number of halogens is 1. The van der Waals surface area contributed by atoms with Crippen LogP contribution in [0.3, 0.4) is 0 Å². The van der Waals surface area contributed by atoms with Crippen LogP contribution in [0.25, 0.3) is 0 Å². The van der Waals surface area contributed by atoms with Crippen LogP contribution in [-0.4, -0.2) is 73.4 Å². The summed E-state index contributed by atoms with van der Waals surface area (Å²) in [5.74, 6) is -2.16. The number of benzene rings is 1. The smallest absolute Gasteiger partial charge is 0.408 e. The number of fused-ring (bicyclic) bond motifs is 2. The molecule has 0 bridgehead atoms. The molecule has 1 saturated carbocycles. The number of nitrogens with one attached hydrogen (secondary N) is 4. The minimum atomic E-state index is -4.23. The highest BCUT2D eigenvalue weighted by molar-refractivity contribution is 7.88. The summed E-state index contributed by atoms with van der Waals surface area (Å²) in [5, 5.41) is 6.08. The zero-order valence-electron chi connectivity index (χ0n) is 26.1. The average Bonchev–Trinajstić information content (AvgIpc) is 3.40. The van der Waals surface area contributed by atoms with Crippen molar-refractivity contribution in [1.29, 1.82) is 0 Å². The van der Waals surface area contributed by atoms with Gasteiger partial charge in [-0.2, -0.15) is 13.1 Å². The van der Waals surface area contributed by atoms with E-state index in [-0.39, 0.29) is 18.9 Å². The monoisotopic (exact) mass is 665 g/mol. The molecule has 1 aliphatic carbocycles. The number of hydrogen-bond donors (Lipinski definition) is 4. The molecule has 1 aromatic carbocycles. The molecule has 0 spiro atoms. The van der Waals surface area contributed by atoms with Gasteiger partial charge in [-0.1, -0.05) is 48.7 Å². The van der Waals surface area contributed by atoms with Crippen LogP contribution in [0, 0.1) is 5.92 Å². The van der Waals surface area contributed by atoms with Crippen LogP contribution in [0.2, 0.25) is 5.02 Å². The van der Waals surface area contributed by atoms with Crippen LogP contribution < -0.4 is 20.1 Å². The Morgan fingerprint density at radius 2 is 1.82 bits per heavy atom. The van der Waals surface area contributed by atoms with E-state index in [0.717, 1.165) is 18.4 Å². The average molecular weight is 666 g/mol. The number of rotatable bonds is 7. The Bertz CT molecular complexity index is 1400. The van der Waals surface area contributed by atoms with Crippen molar-refractivity contribution in [2.75, 3.05) is 13.1 Å². The molecular weight excluding hydrogens is 622 g/mol. The van der Waals surface area contributed by atoms with E-state index in [1.807, 2.05) is 12.2 Å². The summed E-state index contributed by atoms with van der Waals surface area (Å²) in [6.07, 6.45) is 8.05. The highest BCUT2D eigenvalue weighted by Crippen LogP contribution is 2.45. The van der Waals surface area contributed by atoms with E-state index in [0.29, 0.717) is 50.1 Å². The lowest BCUT2D eigenvalue weighted by atomic mass is 10.0. The van der Waals surface area contributed by atoms with Crippen molar-refractivity contribution < 1.29 is 32.3 Å². The molecule has 1 saturated heterocycles. The first-order valence-electron chi connectivity index (χ1n) is 15.5. The molecule has 2 aliphatic heterocycles. The molecule has 4 N–H and O–H groups in total. The Morgan fingerprint density at radius 3 is 2.53 bits per heavy atom. The number of carbonyl (C=O) groups is 4. The van der Waals surface area contributed by atoms with Gasteiger partial charge in [0.15, 0.2) is 0 Å². The summed E-state index contributed by atoms with van der Waals surface area (Å²) in [5.41, 5.74) is -1.35. The van der Waals surface area contributed by atoms with Crippen molar-refractivity contribution in [3.05, 3.63) is 47.0 Å². The second-order valence-electron chi connectivity index (χ2n) is 12.9. The standard InChI is InChI=1S/C31H44ClN5O7S/c1-30(2,3)44-29(41)34-24-11-8-6-4-5-7-10-22-20-31(22,35-26(38)25-12-9-19-37(25)27(24)39)28(40)36-45(42,43)33-18-17-21-13-15-23(32)16-14-21/h7,10,13-16,22,24-25,33H,4-6,8-9,11-12,17-20H2,1-3H3,(H,34,41)(H,35,38)(H,36,40)/t22-,24+,25+,31-/m1/s1. The topological polar surface area (TPSA) is 163 Å². The van der Waals surface area contributed by atoms with Gasteiger partial charge in [0.2, 0.25) is 11.8 Å². The van der Waals surface area contributed by atoms with Gasteiger partial charge in [-0.3, -0.25) is 14.4 Å².